The van der Waals surface area contributed by atoms with Crippen molar-refractivity contribution in [1.29, 1.82) is 0 Å². The van der Waals surface area contributed by atoms with Gasteiger partial charge in [-0.3, -0.25) is 0 Å². The van der Waals surface area contributed by atoms with E-state index in [1.807, 2.05) is 6.07 Å². The van der Waals surface area contributed by atoms with Gasteiger partial charge in [0.05, 0.1) is 0 Å². The van der Waals surface area contributed by atoms with Gasteiger partial charge in [-0.25, -0.2) is 0 Å². The fraction of sp³-hybridized carbons (Fsp3) is 0.250. The van der Waals surface area contributed by atoms with Crippen LogP contribution in [0.15, 0.2) is 54.6 Å². The first-order chi connectivity index (χ1) is 8.43. The molecule has 1 unspecified atom stereocenters. The molecular formula is C16H16N. The van der Waals surface area contributed by atoms with Crippen LogP contribution in [-0.2, 0) is 0 Å². The predicted molar refractivity (Wildman–Crippen MR) is 71.3 cm³/mol. The van der Waals surface area contributed by atoms with Crippen molar-refractivity contribution in [2.24, 2.45) is 0 Å². The van der Waals surface area contributed by atoms with Gasteiger partial charge in [-0.05, 0) is 30.2 Å². The van der Waals surface area contributed by atoms with E-state index in [-0.39, 0.29) is 0 Å². The summed E-state index contributed by atoms with van der Waals surface area (Å²) in [7, 11) is 0. The van der Waals surface area contributed by atoms with E-state index < -0.39 is 0 Å². The molecule has 0 saturated carbocycles. The second-order valence-electron chi connectivity index (χ2n) is 4.60. The molecule has 1 heterocycles. The molecule has 3 rings (SSSR count). The first kappa shape index (κ1) is 10.4. The van der Waals surface area contributed by atoms with Gasteiger partial charge in [-0.2, -0.15) is 0 Å². The van der Waals surface area contributed by atoms with Gasteiger partial charge < -0.3 is 4.90 Å². The fourth-order valence-electron chi connectivity index (χ4n) is 2.57. The maximum atomic E-state index is 3.17. The van der Waals surface area contributed by atoms with Crippen LogP contribution in [0.25, 0.3) is 0 Å². The Bertz CT molecular complexity index is 418. The summed E-state index contributed by atoms with van der Waals surface area (Å²) in [5.41, 5.74) is 2.76. The Labute approximate surface area is 103 Å². The molecule has 1 heteroatoms. The molecule has 2 aromatic rings. The van der Waals surface area contributed by atoms with Gasteiger partial charge in [0.15, 0.2) is 0 Å². The number of para-hydroxylation sites is 1. The van der Waals surface area contributed by atoms with Crippen molar-refractivity contribution in [3.63, 3.8) is 0 Å². The lowest BCUT2D eigenvalue weighted by atomic mass is 9.99. The summed E-state index contributed by atoms with van der Waals surface area (Å²) in [6.45, 7) is 2.28. The van der Waals surface area contributed by atoms with E-state index in [2.05, 4.69) is 59.5 Å². The molecule has 0 N–H and O–H groups in total. The zero-order valence-electron chi connectivity index (χ0n) is 9.84. The maximum Gasteiger partial charge on any atom is 0.0366 e. The molecule has 1 nitrogen and oxygen atoms in total. The van der Waals surface area contributed by atoms with Crippen molar-refractivity contribution >= 4 is 5.69 Å². The van der Waals surface area contributed by atoms with Crippen molar-refractivity contribution in [3.8, 4) is 0 Å². The quantitative estimate of drug-likeness (QED) is 0.752. The number of hydrogen-bond acceptors (Lipinski definition) is 1. The number of nitrogens with zero attached hydrogens (tertiary/aromatic N) is 1. The van der Waals surface area contributed by atoms with E-state index in [1.165, 1.54) is 17.7 Å². The predicted octanol–water partition coefficient (Wildman–Crippen LogP) is 3.48. The van der Waals surface area contributed by atoms with Gasteiger partial charge in [0, 0.05) is 24.7 Å². The van der Waals surface area contributed by atoms with Crippen LogP contribution >= 0.6 is 0 Å². The molecule has 17 heavy (non-hydrogen) atoms. The van der Waals surface area contributed by atoms with Crippen LogP contribution in [0.5, 0.6) is 0 Å². The Hall–Kier alpha value is -1.76. The normalized spacial score (nSPS) is 19.5. The Balaban J connectivity index is 1.75. The van der Waals surface area contributed by atoms with Gasteiger partial charge in [0.2, 0.25) is 0 Å². The minimum Gasteiger partial charge on any atom is -0.371 e. The highest BCUT2D eigenvalue weighted by Gasteiger charge is 2.23. The molecule has 0 aromatic heterocycles. The molecule has 1 radical (unpaired) electrons. The van der Waals surface area contributed by atoms with Crippen molar-refractivity contribution in [1.82, 2.24) is 0 Å². The Kier molecular flexibility index (Phi) is 2.83. The highest BCUT2D eigenvalue weighted by atomic mass is 15.1. The number of benzene rings is 2. The van der Waals surface area contributed by atoms with Crippen molar-refractivity contribution in [3.05, 3.63) is 66.2 Å². The minimum atomic E-state index is 0.660. The van der Waals surface area contributed by atoms with E-state index >= 15 is 0 Å². The molecule has 0 amide bonds. The summed E-state index contributed by atoms with van der Waals surface area (Å²) in [4.78, 5) is 2.47. The Morgan fingerprint density at radius 1 is 1.06 bits per heavy atom. The molecule has 1 aliphatic rings. The minimum absolute atomic E-state index is 0.660. The summed E-state index contributed by atoms with van der Waals surface area (Å²) in [6.07, 6.45) is 1.24. The van der Waals surface area contributed by atoms with E-state index in [0.29, 0.717) is 5.92 Å². The van der Waals surface area contributed by atoms with Crippen molar-refractivity contribution < 1.29 is 0 Å². The molecule has 1 atom stereocenters. The molecule has 2 aromatic carbocycles. The van der Waals surface area contributed by atoms with E-state index in [4.69, 9.17) is 0 Å². The van der Waals surface area contributed by atoms with Gasteiger partial charge in [0.1, 0.15) is 0 Å². The van der Waals surface area contributed by atoms with Crippen LogP contribution in [0.4, 0.5) is 5.69 Å². The molecule has 1 aliphatic heterocycles. The van der Waals surface area contributed by atoms with Crippen molar-refractivity contribution in [2.75, 3.05) is 18.0 Å². The number of anilines is 1. The lowest BCUT2D eigenvalue weighted by molar-refractivity contribution is 0.775. The zero-order valence-corrected chi connectivity index (χ0v) is 9.84. The first-order valence-electron chi connectivity index (χ1n) is 6.19. The van der Waals surface area contributed by atoms with Crippen LogP contribution in [-0.4, -0.2) is 13.1 Å². The third kappa shape index (κ3) is 2.19. The summed E-state index contributed by atoms with van der Waals surface area (Å²) < 4.78 is 0. The summed E-state index contributed by atoms with van der Waals surface area (Å²) in [6, 6.07) is 22.2. The van der Waals surface area contributed by atoms with E-state index in [0.717, 1.165) is 13.1 Å². The average molecular weight is 222 g/mol. The topological polar surface area (TPSA) is 3.24 Å². The lowest BCUT2D eigenvalue weighted by Gasteiger charge is -2.18. The van der Waals surface area contributed by atoms with Gasteiger partial charge in [-0.15, -0.1) is 0 Å². The molecule has 0 bridgehead atoms. The number of hydrogen-bond donors (Lipinski definition) is 0. The highest BCUT2D eigenvalue weighted by molar-refractivity contribution is 5.48. The van der Waals surface area contributed by atoms with E-state index in [9.17, 15) is 0 Å². The van der Waals surface area contributed by atoms with E-state index in [1.54, 1.807) is 0 Å². The largest absolute Gasteiger partial charge is 0.371 e. The molecular weight excluding hydrogens is 206 g/mol. The van der Waals surface area contributed by atoms with Gasteiger partial charge in [0.25, 0.3) is 0 Å². The zero-order chi connectivity index (χ0) is 11.5. The molecule has 1 saturated heterocycles. The third-order valence-electron chi connectivity index (χ3n) is 3.51. The number of rotatable bonds is 2. The van der Waals surface area contributed by atoms with Crippen LogP contribution in [0.2, 0.25) is 0 Å². The highest BCUT2D eigenvalue weighted by Crippen LogP contribution is 2.30. The second kappa shape index (κ2) is 4.62. The summed E-state index contributed by atoms with van der Waals surface area (Å²) in [5.74, 6) is 0.660. The average Bonchev–Trinajstić information content (AvgIpc) is 2.90. The third-order valence-corrected chi connectivity index (χ3v) is 3.51. The SMILES string of the molecule is [c]1cccc(C2CCN(c3ccccc3)C2)c1. The second-order valence-corrected chi connectivity index (χ2v) is 4.60. The summed E-state index contributed by atoms with van der Waals surface area (Å²) >= 11 is 0. The maximum absolute atomic E-state index is 3.17. The Morgan fingerprint density at radius 3 is 2.71 bits per heavy atom. The van der Waals surface area contributed by atoms with Crippen LogP contribution in [0, 0.1) is 6.07 Å². The standard InChI is InChI=1S/C16H16N/c1-3-7-14(8-4-1)15-11-12-17(13-15)16-9-5-2-6-10-16/h1-3,5-10,15H,11-13H2. The van der Waals surface area contributed by atoms with Crippen LogP contribution in [0.1, 0.15) is 17.9 Å². The van der Waals surface area contributed by atoms with Gasteiger partial charge >= 0.3 is 0 Å². The smallest absolute Gasteiger partial charge is 0.0366 e. The van der Waals surface area contributed by atoms with Crippen molar-refractivity contribution in [2.45, 2.75) is 12.3 Å². The Morgan fingerprint density at radius 2 is 1.94 bits per heavy atom. The van der Waals surface area contributed by atoms with Crippen LogP contribution < -0.4 is 4.90 Å². The first-order valence-corrected chi connectivity index (χ1v) is 6.19. The molecule has 85 valence electrons. The monoisotopic (exact) mass is 222 g/mol. The lowest BCUT2D eigenvalue weighted by Crippen LogP contribution is -2.18. The summed E-state index contributed by atoms with van der Waals surface area (Å²) in [5, 5.41) is 0. The molecule has 1 fully saturated rings. The van der Waals surface area contributed by atoms with Crippen LogP contribution in [0.3, 0.4) is 0 Å². The van der Waals surface area contributed by atoms with Gasteiger partial charge in [-0.1, -0.05) is 42.5 Å². The molecule has 0 aliphatic carbocycles. The fourth-order valence-corrected chi connectivity index (χ4v) is 2.57. The molecule has 0 spiro atoms.